The van der Waals surface area contributed by atoms with Gasteiger partial charge in [-0.05, 0) is 158 Å². The van der Waals surface area contributed by atoms with E-state index < -0.39 is 36.6 Å². The van der Waals surface area contributed by atoms with Gasteiger partial charge in [0.15, 0.2) is 28.2 Å². The Morgan fingerprint density at radius 3 is 1.17 bits per heavy atom. The van der Waals surface area contributed by atoms with Gasteiger partial charge in [-0.25, -0.2) is 4.39 Å². The fourth-order valence-corrected chi connectivity index (χ4v) is 17.2. The second-order valence-electron chi connectivity index (χ2n) is 32.3. The summed E-state index contributed by atoms with van der Waals surface area (Å²) >= 11 is 0. The number of benzene rings is 2. The number of ether oxygens (including phenoxy) is 6. The third kappa shape index (κ3) is 15.7. The van der Waals surface area contributed by atoms with Crippen molar-refractivity contribution in [2.24, 2.45) is 7.05 Å². The van der Waals surface area contributed by atoms with Crippen molar-refractivity contribution in [3.63, 3.8) is 0 Å². The molecular weight excluding hydrogens is 1640 g/mol. The average Bonchev–Trinajstić information content (AvgIpc) is 1.57. The highest BCUT2D eigenvalue weighted by atomic mass is 19.1. The van der Waals surface area contributed by atoms with Gasteiger partial charge in [0.2, 0.25) is 0 Å². The molecule has 6 atom stereocenters. The number of aliphatic hydroxyl groups excluding tert-OH is 6. The molecule has 1 aliphatic carbocycles. The zero-order chi connectivity index (χ0) is 87.6. The van der Waals surface area contributed by atoms with Gasteiger partial charge < -0.3 is 63.6 Å². The molecule has 6 N–H and O–H groups in total. The molecule has 25 rings (SSSR count). The van der Waals surface area contributed by atoms with Crippen LogP contribution in [-0.4, -0.2) is 173 Å². The van der Waals surface area contributed by atoms with Crippen LogP contribution < -0.4 is 0 Å². The highest BCUT2D eigenvalue weighted by molar-refractivity contribution is 5.87. The molecule has 0 amide bonds. The second kappa shape index (κ2) is 34.5. The highest BCUT2D eigenvalue weighted by Gasteiger charge is 2.54. The van der Waals surface area contributed by atoms with Crippen molar-refractivity contribution in [2.45, 2.75) is 122 Å². The monoisotopic (exact) mass is 1720 g/mol. The minimum atomic E-state index is -0.693. The van der Waals surface area contributed by atoms with Crippen LogP contribution in [0.2, 0.25) is 0 Å². The Kier molecular flexibility index (Phi) is 22.2. The van der Waals surface area contributed by atoms with Gasteiger partial charge in [0.1, 0.15) is 66.2 Å². The van der Waals surface area contributed by atoms with Crippen LogP contribution >= 0.6 is 0 Å². The number of nitrogens with zero attached hydrogens (tertiary/aromatic N) is 21. The largest absolute Gasteiger partial charge is 0.386 e. The predicted molar refractivity (Wildman–Crippen MR) is 460 cm³/mol. The van der Waals surface area contributed by atoms with Gasteiger partial charge in [-0.2, -0.15) is 5.10 Å². The standard InChI is InChI=1S/C17H16N4O2.C16H14FN3O2.C16H14N2O3.2C15H14N4O2.C14H12N4O2/c1-10-19-20-15-3-2-11(8-21(10)15)12-6-18-7-13-14(12)9-23-17(4-5-17)16(13)22;1-20-15-3-9(2-14(17)12(15)6-19-20)10-4-18-5-11-13(10)7-22-8-16(11)21;1-9-11-4-10(2-3-16(11)21-18-9)12-5-17-6-13-14(12)7-20-8-15(13)19;2*1-9-17-18-15-3-2-10(6-19(9)15)11-4-16-5-12-13(11)7-21-8-14(12)20;19-13-7-20-6-12-10(3-15-4-11(12)13)9-1-2-14-17-16-8-18(14)5-9/h2-3,6-8,16,22H,4-5,9H2,1H3;2-6,16,21H,7-8H2,1H3;2-6,15,19H,7-8H2,1H3;2*2-6,14,20H,7-8H2,1H3;1-5,8,13,19H,6-7H2. The quantitative estimate of drug-likeness (QED) is 0.0900. The third-order valence-corrected chi connectivity index (χ3v) is 24.3. The Morgan fingerprint density at radius 1 is 0.375 bits per heavy atom. The number of rotatable bonds is 6. The van der Waals surface area contributed by atoms with Gasteiger partial charge in [-0.3, -0.25) is 52.2 Å². The van der Waals surface area contributed by atoms with Crippen LogP contribution in [0.1, 0.15) is 139 Å². The van der Waals surface area contributed by atoms with Gasteiger partial charge in [0.05, 0.1) is 101 Å². The average molecular weight is 1720 g/mol. The van der Waals surface area contributed by atoms with Crippen molar-refractivity contribution in [1.29, 1.82) is 0 Å². The van der Waals surface area contributed by atoms with Gasteiger partial charge >= 0.3 is 0 Å². The molecule has 16 aromatic heterocycles. The van der Waals surface area contributed by atoms with Gasteiger partial charge in [0, 0.05) is 201 Å². The summed E-state index contributed by atoms with van der Waals surface area (Å²) in [5.74, 6) is 2.19. The Bertz CT molecular complexity index is 6940. The fraction of sp³-hybridized carbons (Fsp3) is 0.269. The molecule has 22 heterocycles. The molecule has 18 aromatic rings. The molecule has 0 saturated heterocycles. The van der Waals surface area contributed by atoms with Crippen LogP contribution in [0.4, 0.5) is 4.39 Å². The Hall–Kier alpha value is -13.8. The highest BCUT2D eigenvalue weighted by Crippen LogP contribution is 2.54. The maximum Gasteiger partial charge on any atom is 0.167 e. The molecule has 0 radical (unpaired) electrons. The van der Waals surface area contributed by atoms with E-state index >= 15 is 0 Å². The minimum Gasteiger partial charge on any atom is -0.386 e. The lowest BCUT2D eigenvalue weighted by Gasteiger charge is -2.31. The topological polar surface area (TPSA) is 419 Å². The lowest BCUT2D eigenvalue weighted by atomic mass is 9.91. The molecule has 35 heteroatoms. The Labute approximate surface area is 727 Å². The van der Waals surface area contributed by atoms with Crippen molar-refractivity contribution in [3.8, 4) is 66.8 Å². The van der Waals surface area contributed by atoms with Crippen molar-refractivity contribution in [3.05, 3.63) is 286 Å². The van der Waals surface area contributed by atoms with Crippen molar-refractivity contribution < 1.29 is 68.0 Å². The first kappa shape index (κ1) is 82.5. The summed E-state index contributed by atoms with van der Waals surface area (Å²) in [6, 6.07) is 24.9. The first-order chi connectivity index (χ1) is 62.4. The molecule has 1 fully saturated rings. The number of hydrogen-bond acceptors (Lipinski definition) is 29. The summed E-state index contributed by atoms with van der Waals surface area (Å²) < 4.78 is 62.0. The first-order valence-electron chi connectivity index (χ1n) is 41.5. The van der Waals surface area contributed by atoms with E-state index in [2.05, 4.69) is 80.9 Å². The van der Waals surface area contributed by atoms with Crippen LogP contribution in [0.15, 0.2) is 195 Å². The van der Waals surface area contributed by atoms with Crippen LogP contribution in [0.5, 0.6) is 0 Å². The van der Waals surface area contributed by atoms with E-state index in [-0.39, 0.29) is 18.0 Å². The minimum absolute atomic E-state index is 0.257. The summed E-state index contributed by atoms with van der Waals surface area (Å²) in [7, 11) is 1.77. The number of hydrogen-bond donors (Lipinski definition) is 6. The molecule has 128 heavy (non-hydrogen) atoms. The summed E-state index contributed by atoms with van der Waals surface area (Å²) in [6.07, 6.45) is 30.3. The van der Waals surface area contributed by atoms with E-state index in [0.29, 0.717) is 82.5 Å². The number of fused-ring (bicyclic) bond motifs is 12. The zero-order valence-corrected chi connectivity index (χ0v) is 69.9. The fourth-order valence-electron chi connectivity index (χ4n) is 17.2. The van der Waals surface area contributed by atoms with Crippen LogP contribution in [0, 0.1) is 33.5 Å². The van der Waals surface area contributed by atoms with Crippen molar-refractivity contribution in [2.75, 3.05) is 33.0 Å². The maximum absolute atomic E-state index is 14.3. The Balaban J connectivity index is 0.0000000965. The van der Waals surface area contributed by atoms with Crippen LogP contribution in [-0.2, 0) is 75.1 Å². The molecule has 7 aliphatic rings. The summed E-state index contributed by atoms with van der Waals surface area (Å²) in [4.78, 5) is 25.6. The molecule has 1 spiro atoms. The number of aromatic nitrogens is 21. The summed E-state index contributed by atoms with van der Waals surface area (Å²) in [5, 5.41) is 103. The molecule has 6 aliphatic heterocycles. The van der Waals surface area contributed by atoms with Crippen LogP contribution in [0.3, 0.4) is 0 Å². The van der Waals surface area contributed by atoms with E-state index in [1.165, 1.54) is 12.3 Å². The third-order valence-electron chi connectivity index (χ3n) is 24.3. The molecule has 1 saturated carbocycles. The lowest BCUT2D eigenvalue weighted by Crippen LogP contribution is -2.30. The smallest absolute Gasteiger partial charge is 0.167 e. The van der Waals surface area contributed by atoms with E-state index in [1.54, 1.807) is 80.0 Å². The molecule has 2 aromatic carbocycles. The number of aryl methyl sites for hydroxylation is 5. The number of aliphatic hydroxyl groups is 6. The van der Waals surface area contributed by atoms with E-state index in [4.69, 9.17) is 32.9 Å². The summed E-state index contributed by atoms with van der Waals surface area (Å²) in [5.41, 5.74) is 27.5. The van der Waals surface area contributed by atoms with E-state index in [0.717, 1.165) is 198 Å². The normalized spacial score (nSPS) is 18.6. The number of pyridine rings is 10. The molecule has 34 nitrogen and oxygen atoms in total. The van der Waals surface area contributed by atoms with Gasteiger partial charge in [0.25, 0.3) is 0 Å². The molecule has 6 unspecified atom stereocenters. The maximum atomic E-state index is 14.3. The second-order valence-corrected chi connectivity index (χ2v) is 32.3. The molecular formula is C93H84FN21O13. The zero-order valence-electron chi connectivity index (χ0n) is 69.9. The SMILES string of the molecule is Cc1nnc2ccc(-c3cncc4c3COC3(CC3)C4O)cn12.Cc1nnc2ccc(-c3cncc4c3COCC4O)cn12.Cc1nnc2ccc(-c3cncc4c3COCC4O)cn12.Cc1noc2ccc(-c3cncc4c3COCC4O)cc12.Cn1ncc2c(F)cc(-c3cncc4c3COCC4O)cc21.OC1COCc2c(-c3ccc4nncn4c3)cncc21. The van der Waals surface area contributed by atoms with E-state index in [1.807, 2.05) is 155 Å². The first-order valence-corrected chi connectivity index (χ1v) is 41.5. The lowest BCUT2D eigenvalue weighted by molar-refractivity contribution is -0.0827. The Morgan fingerprint density at radius 2 is 0.750 bits per heavy atom. The molecule has 0 bridgehead atoms. The van der Waals surface area contributed by atoms with Gasteiger partial charge in [-0.15, -0.1) is 40.8 Å². The number of halogens is 1. The molecule has 646 valence electrons. The van der Waals surface area contributed by atoms with Crippen molar-refractivity contribution in [1.82, 2.24) is 103 Å². The van der Waals surface area contributed by atoms with Crippen LogP contribution in [0.25, 0.3) is 111 Å². The van der Waals surface area contributed by atoms with E-state index in [9.17, 15) is 35.0 Å². The summed E-state index contributed by atoms with van der Waals surface area (Å²) in [6.45, 7) is 12.1. The predicted octanol–water partition coefficient (Wildman–Crippen LogP) is 12.0. The van der Waals surface area contributed by atoms with Crippen molar-refractivity contribution >= 4 is 44.5 Å². The van der Waals surface area contributed by atoms with Gasteiger partial charge in [-0.1, -0.05) is 11.2 Å².